The van der Waals surface area contributed by atoms with Crippen molar-refractivity contribution in [3.63, 3.8) is 0 Å². The third-order valence-corrected chi connectivity index (χ3v) is 4.70. The molecule has 0 aliphatic heterocycles. The van der Waals surface area contributed by atoms with Crippen LogP contribution in [0.15, 0.2) is 53.9 Å². The third-order valence-electron chi connectivity index (χ3n) is 3.78. The van der Waals surface area contributed by atoms with E-state index in [4.69, 9.17) is 4.74 Å². The molecule has 144 valence electrons. The van der Waals surface area contributed by atoms with Crippen molar-refractivity contribution in [2.75, 3.05) is 17.2 Å². The molecular formula is C21H21N3O3S. The van der Waals surface area contributed by atoms with E-state index in [1.54, 1.807) is 24.3 Å². The van der Waals surface area contributed by atoms with E-state index in [0.717, 1.165) is 16.3 Å². The van der Waals surface area contributed by atoms with E-state index in [1.165, 1.54) is 18.3 Å². The summed E-state index contributed by atoms with van der Waals surface area (Å²) in [6, 6.07) is 14.7. The number of nitrogens with zero attached hydrogens (tertiary/aromatic N) is 1. The summed E-state index contributed by atoms with van der Waals surface area (Å²) in [4.78, 5) is 28.1. The maximum absolute atomic E-state index is 12.4. The van der Waals surface area contributed by atoms with Crippen LogP contribution in [-0.2, 0) is 16.0 Å². The highest BCUT2D eigenvalue weighted by Gasteiger charge is 2.12. The molecule has 0 bridgehead atoms. The normalized spacial score (nSPS) is 10.4. The van der Waals surface area contributed by atoms with E-state index in [0.29, 0.717) is 23.7 Å². The molecule has 7 heteroatoms. The predicted molar refractivity (Wildman–Crippen MR) is 112 cm³/mol. The number of para-hydroxylation sites is 1. The van der Waals surface area contributed by atoms with Gasteiger partial charge in [-0.2, -0.15) is 0 Å². The number of aromatic nitrogens is 1. The summed E-state index contributed by atoms with van der Waals surface area (Å²) in [7, 11) is 0. The summed E-state index contributed by atoms with van der Waals surface area (Å²) in [6.45, 7) is 3.96. The Morgan fingerprint density at radius 1 is 1.07 bits per heavy atom. The smallest absolute Gasteiger partial charge is 0.230 e. The lowest BCUT2D eigenvalue weighted by atomic mass is 10.2. The molecule has 28 heavy (non-hydrogen) atoms. The van der Waals surface area contributed by atoms with E-state index in [2.05, 4.69) is 15.6 Å². The SMILES string of the molecule is CCOc1ccccc1-c1nc(CC(=O)Nc2cccc(NC(C)=O)c2)cs1. The zero-order valence-corrected chi connectivity index (χ0v) is 16.5. The van der Waals surface area contributed by atoms with Crippen LogP contribution in [0.2, 0.25) is 0 Å². The molecule has 0 atom stereocenters. The molecule has 1 aromatic heterocycles. The van der Waals surface area contributed by atoms with Gasteiger partial charge in [0.15, 0.2) is 0 Å². The van der Waals surface area contributed by atoms with Crippen LogP contribution in [0, 0.1) is 0 Å². The Labute approximate surface area is 167 Å². The lowest BCUT2D eigenvalue weighted by Gasteiger charge is -2.08. The Balaban J connectivity index is 1.67. The van der Waals surface area contributed by atoms with Gasteiger partial charge in [-0.25, -0.2) is 4.98 Å². The van der Waals surface area contributed by atoms with E-state index in [9.17, 15) is 9.59 Å². The number of thiazole rings is 1. The second kappa shape index (κ2) is 9.14. The van der Waals surface area contributed by atoms with Gasteiger partial charge in [-0.15, -0.1) is 11.3 Å². The highest BCUT2D eigenvalue weighted by molar-refractivity contribution is 7.13. The Morgan fingerprint density at radius 2 is 1.82 bits per heavy atom. The van der Waals surface area contributed by atoms with Crippen molar-refractivity contribution in [1.29, 1.82) is 0 Å². The Bertz CT molecular complexity index is 984. The van der Waals surface area contributed by atoms with Crippen LogP contribution < -0.4 is 15.4 Å². The maximum atomic E-state index is 12.4. The molecule has 0 saturated heterocycles. The number of anilines is 2. The van der Waals surface area contributed by atoms with Gasteiger partial charge in [0.1, 0.15) is 10.8 Å². The third kappa shape index (κ3) is 5.17. The molecule has 6 nitrogen and oxygen atoms in total. The molecule has 0 saturated carbocycles. The van der Waals surface area contributed by atoms with Crippen molar-refractivity contribution in [3.8, 4) is 16.3 Å². The molecule has 2 aromatic carbocycles. The van der Waals surface area contributed by atoms with Crippen LogP contribution >= 0.6 is 11.3 Å². The summed E-state index contributed by atoms with van der Waals surface area (Å²) < 4.78 is 5.66. The van der Waals surface area contributed by atoms with Gasteiger partial charge in [-0.05, 0) is 37.3 Å². The first-order valence-electron chi connectivity index (χ1n) is 8.89. The monoisotopic (exact) mass is 395 g/mol. The van der Waals surface area contributed by atoms with Crippen molar-refractivity contribution in [3.05, 3.63) is 59.6 Å². The van der Waals surface area contributed by atoms with Gasteiger partial charge >= 0.3 is 0 Å². The first-order chi connectivity index (χ1) is 13.5. The number of carbonyl (C=O) groups excluding carboxylic acids is 2. The fourth-order valence-corrected chi connectivity index (χ4v) is 3.53. The average molecular weight is 395 g/mol. The number of ether oxygens (including phenoxy) is 1. The maximum Gasteiger partial charge on any atom is 0.230 e. The highest BCUT2D eigenvalue weighted by atomic mass is 32.1. The lowest BCUT2D eigenvalue weighted by Crippen LogP contribution is -2.15. The molecule has 1 heterocycles. The van der Waals surface area contributed by atoms with E-state index >= 15 is 0 Å². The van der Waals surface area contributed by atoms with Gasteiger partial charge in [0.25, 0.3) is 0 Å². The zero-order chi connectivity index (χ0) is 19.9. The van der Waals surface area contributed by atoms with Crippen LogP contribution in [0.1, 0.15) is 19.5 Å². The summed E-state index contributed by atoms with van der Waals surface area (Å²) in [5.74, 6) is 0.450. The van der Waals surface area contributed by atoms with Crippen molar-refractivity contribution >= 4 is 34.5 Å². The summed E-state index contributed by atoms with van der Waals surface area (Å²) in [6.07, 6.45) is 0.164. The molecule has 0 aliphatic carbocycles. The Morgan fingerprint density at radius 3 is 2.57 bits per heavy atom. The topological polar surface area (TPSA) is 80.3 Å². The highest BCUT2D eigenvalue weighted by Crippen LogP contribution is 2.32. The number of benzene rings is 2. The predicted octanol–water partition coefficient (Wildman–Crippen LogP) is 4.35. The van der Waals surface area contributed by atoms with Gasteiger partial charge in [-0.3, -0.25) is 9.59 Å². The molecule has 3 rings (SSSR count). The number of rotatable bonds is 7. The van der Waals surface area contributed by atoms with Crippen molar-refractivity contribution in [1.82, 2.24) is 4.98 Å². The lowest BCUT2D eigenvalue weighted by molar-refractivity contribution is -0.116. The van der Waals surface area contributed by atoms with Gasteiger partial charge in [-0.1, -0.05) is 18.2 Å². The number of hydrogen-bond acceptors (Lipinski definition) is 5. The second-order valence-electron chi connectivity index (χ2n) is 6.06. The number of carbonyl (C=O) groups is 2. The number of nitrogens with one attached hydrogen (secondary N) is 2. The molecule has 0 aliphatic rings. The van der Waals surface area contributed by atoms with Gasteiger partial charge in [0.2, 0.25) is 11.8 Å². The van der Waals surface area contributed by atoms with Crippen molar-refractivity contribution in [2.24, 2.45) is 0 Å². The summed E-state index contributed by atoms with van der Waals surface area (Å²) in [5, 5.41) is 8.23. The quantitative estimate of drug-likeness (QED) is 0.623. The first kappa shape index (κ1) is 19.6. The largest absolute Gasteiger partial charge is 0.493 e. The zero-order valence-electron chi connectivity index (χ0n) is 15.7. The van der Waals surface area contributed by atoms with Gasteiger partial charge in [0, 0.05) is 23.7 Å². The number of hydrogen-bond donors (Lipinski definition) is 2. The fraction of sp³-hybridized carbons (Fsp3) is 0.190. The summed E-state index contributed by atoms with van der Waals surface area (Å²) in [5.41, 5.74) is 2.87. The van der Waals surface area contributed by atoms with E-state index < -0.39 is 0 Å². The summed E-state index contributed by atoms with van der Waals surface area (Å²) >= 11 is 1.48. The van der Waals surface area contributed by atoms with Crippen LogP contribution in [0.5, 0.6) is 5.75 Å². The molecule has 0 spiro atoms. The van der Waals surface area contributed by atoms with Crippen LogP contribution in [0.25, 0.3) is 10.6 Å². The Hall–Kier alpha value is -3.19. The molecule has 2 N–H and O–H groups in total. The van der Waals surface area contributed by atoms with E-state index in [-0.39, 0.29) is 18.2 Å². The molecule has 0 radical (unpaired) electrons. The number of amides is 2. The van der Waals surface area contributed by atoms with Gasteiger partial charge in [0.05, 0.1) is 24.3 Å². The molecular weight excluding hydrogens is 374 g/mol. The van der Waals surface area contributed by atoms with Gasteiger partial charge < -0.3 is 15.4 Å². The van der Waals surface area contributed by atoms with Crippen molar-refractivity contribution in [2.45, 2.75) is 20.3 Å². The van der Waals surface area contributed by atoms with Crippen LogP contribution in [0.4, 0.5) is 11.4 Å². The molecule has 0 unspecified atom stereocenters. The molecule has 0 fully saturated rings. The van der Waals surface area contributed by atoms with E-state index in [1.807, 2.05) is 36.6 Å². The minimum Gasteiger partial charge on any atom is -0.493 e. The minimum absolute atomic E-state index is 0.161. The van der Waals surface area contributed by atoms with Crippen molar-refractivity contribution < 1.29 is 14.3 Å². The first-order valence-corrected chi connectivity index (χ1v) is 9.77. The standard InChI is InChI=1S/C21H21N3O3S/c1-3-27-19-10-5-4-9-18(19)21-24-17(13-28-21)12-20(26)23-16-8-6-7-15(11-16)22-14(2)25/h4-11,13H,3,12H2,1-2H3,(H,22,25)(H,23,26). The van der Waals surface area contributed by atoms with Crippen LogP contribution in [0.3, 0.4) is 0 Å². The van der Waals surface area contributed by atoms with Crippen LogP contribution in [-0.4, -0.2) is 23.4 Å². The fourth-order valence-electron chi connectivity index (χ4n) is 2.68. The molecule has 2 amide bonds. The Kier molecular flexibility index (Phi) is 6.39. The molecule has 3 aromatic rings. The average Bonchev–Trinajstić information content (AvgIpc) is 3.10. The second-order valence-corrected chi connectivity index (χ2v) is 6.92. The minimum atomic E-state index is -0.171.